The summed E-state index contributed by atoms with van der Waals surface area (Å²) in [5.74, 6) is 0.124. The topological polar surface area (TPSA) is 32.3 Å². The first-order valence-electron chi connectivity index (χ1n) is 7.08. The van der Waals surface area contributed by atoms with E-state index < -0.39 is 0 Å². The van der Waals surface area contributed by atoms with Gasteiger partial charge in [-0.3, -0.25) is 4.79 Å². The Bertz CT molecular complexity index is 415. The third-order valence-electron chi connectivity index (χ3n) is 3.07. The number of hydrogen-bond donors (Lipinski definition) is 1. The first kappa shape index (κ1) is 16.6. The molecule has 3 nitrogen and oxygen atoms in total. The quantitative estimate of drug-likeness (QED) is 0.833. The van der Waals surface area contributed by atoms with Gasteiger partial charge in [-0.1, -0.05) is 26.0 Å². The van der Waals surface area contributed by atoms with Crippen LogP contribution in [0.15, 0.2) is 24.3 Å². The molecule has 112 valence electrons. The fourth-order valence-electron chi connectivity index (χ4n) is 2.03. The molecule has 1 N–H and O–H groups in total. The molecule has 0 fully saturated rings. The van der Waals surface area contributed by atoms with Gasteiger partial charge in [-0.2, -0.15) is 0 Å². The fourth-order valence-corrected chi connectivity index (χ4v) is 2.03. The lowest BCUT2D eigenvalue weighted by molar-refractivity contribution is -0.122. The van der Waals surface area contributed by atoms with E-state index in [2.05, 4.69) is 10.2 Å². The Balaban J connectivity index is 2.74. The molecule has 1 aromatic rings. The van der Waals surface area contributed by atoms with Crippen molar-refractivity contribution in [2.45, 2.75) is 32.7 Å². The molecule has 0 bridgehead atoms. The van der Waals surface area contributed by atoms with Crippen LogP contribution in [0.3, 0.4) is 0 Å². The minimum Gasteiger partial charge on any atom is -0.349 e. The van der Waals surface area contributed by atoms with Crippen molar-refractivity contribution < 1.29 is 9.18 Å². The van der Waals surface area contributed by atoms with Crippen molar-refractivity contribution in [2.24, 2.45) is 5.92 Å². The second-order valence-electron chi connectivity index (χ2n) is 5.86. The van der Waals surface area contributed by atoms with Crippen molar-refractivity contribution in [2.75, 3.05) is 20.6 Å². The monoisotopic (exact) mass is 280 g/mol. The number of carbonyl (C=O) groups excluding carboxylic acids is 1. The van der Waals surface area contributed by atoms with Crippen molar-refractivity contribution in [3.05, 3.63) is 35.6 Å². The maximum Gasteiger partial charge on any atom is 0.220 e. The number of rotatable bonds is 7. The zero-order valence-electron chi connectivity index (χ0n) is 12.8. The summed E-state index contributed by atoms with van der Waals surface area (Å²) in [6.07, 6.45) is 1.32. The van der Waals surface area contributed by atoms with Gasteiger partial charge in [0, 0.05) is 6.42 Å². The van der Waals surface area contributed by atoms with E-state index in [1.165, 1.54) is 12.1 Å². The van der Waals surface area contributed by atoms with E-state index in [1.807, 2.05) is 27.9 Å². The van der Waals surface area contributed by atoms with Crippen molar-refractivity contribution in [3.8, 4) is 0 Å². The lowest BCUT2D eigenvalue weighted by Gasteiger charge is -2.22. The van der Waals surface area contributed by atoms with Crippen LogP contribution >= 0.6 is 0 Å². The summed E-state index contributed by atoms with van der Waals surface area (Å²) in [7, 11) is 4.00. The molecule has 0 saturated heterocycles. The highest BCUT2D eigenvalue weighted by Crippen LogP contribution is 2.18. The number of carbonyl (C=O) groups is 1. The minimum atomic E-state index is -0.256. The Kier molecular flexibility index (Phi) is 6.65. The molecule has 0 radical (unpaired) electrons. The van der Waals surface area contributed by atoms with Crippen LogP contribution in [-0.2, 0) is 4.79 Å². The van der Waals surface area contributed by atoms with Crippen molar-refractivity contribution in [1.29, 1.82) is 0 Å². The molecular formula is C16H25FN2O. The third-order valence-corrected chi connectivity index (χ3v) is 3.07. The Labute approximate surface area is 121 Å². The number of halogens is 1. The van der Waals surface area contributed by atoms with Gasteiger partial charge in [0.25, 0.3) is 0 Å². The highest BCUT2D eigenvalue weighted by Gasteiger charge is 2.15. The molecule has 1 amide bonds. The zero-order valence-corrected chi connectivity index (χ0v) is 12.8. The van der Waals surface area contributed by atoms with E-state index in [0.717, 1.165) is 18.5 Å². The molecular weight excluding hydrogens is 255 g/mol. The third kappa shape index (κ3) is 6.15. The van der Waals surface area contributed by atoms with Gasteiger partial charge in [0.2, 0.25) is 5.91 Å². The van der Waals surface area contributed by atoms with Crippen LogP contribution in [0.4, 0.5) is 4.39 Å². The Morgan fingerprint density at radius 3 is 2.35 bits per heavy atom. The zero-order chi connectivity index (χ0) is 15.1. The van der Waals surface area contributed by atoms with E-state index in [4.69, 9.17) is 0 Å². The Morgan fingerprint density at radius 1 is 1.25 bits per heavy atom. The van der Waals surface area contributed by atoms with E-state index in [-0.39, 0.29) is 17.8 Å². The van der Waals surface area contributed by atoms with E-state index in [0.29, 0.717) is 12.3 Å². The molecule has 0 saturated carbocycles. The molecule has 0 spiro atoms. The first-order chi connectivity index (χ1) is 9.38. The van der Waals surface area contributed by atoms with E-state index in [1.54, 1.807) is 12.1 Å². The Morgan fingerprint density at radius 2 is 1.85 bits per heavy atom. The number of nitrogens with zero attached hydrogens (tertiary/aromatic N) is 1. The average Bonchev–Trinajstić information content (AvgIpc) is 2.34. The van der Waals surface area contributed by atoms with Gasteiger partial charge in [0.1, 0.15) is 5.82 Å². The predicted octanol–water partition coefficient (Wildman–Crippen LogP) is 2.98. The van der Waals surface area contributed by atoms with Gasteiger partial charge in [-0.05, 0) is 50.7 Å². The molecule has 1 rings (SSSR count). The normalized spacial score (nSPS) is 12.8. The standard InChI is InChI=1S/C16H25FN2O/c1-12(2)11-16(20)18-15(9-10-19(3)4)13-5-7-14(17)8-6-13/h5-8,12,15H,9-11H2,1-4H3,(H,18,20). The molecule has 0 aliphatic rings. The molecule has 0 aliphatic heterocycles. The summed E-state index contributed by atoms with van der Waals surface area (Å²) >= 11 is 0. The highest BCUT2D eigenvalue weighted by molar-refractivity contribution is 5.76. The van der Waals surface area contributed by atoms with Gasteiger partial charge < -0.3 is 10.2 Å². The van der Waals surface area contributed by atoms with Gasteiger partial charge in [-0.25, -0.2) is 4.39 Å². The summed E-state index contributed by atoms with van der Waals surface area (Å²) in [6, 6.07) is 6.29. The fraction of sp³-hybridized carbons (Fsp3) is 0.562. The lowest BCUT2D eigenvalue weighted by Crippen LogP contribution is -2.31. The second-order valence-corrected chi connectivity index (χ2v) is 5.86. The van der Waals surface area contributed by atoms with Crippen LogP contribution in [0.25, 0.3) is 0 Å². The highest BCUT2D eigenvalue weighted by atomic mass is 19.1. The molecule has 20 heavy (non-hydrogen) atoms. The lowest BCUT2D eigenvalue weighted by atomic mass is 10.0. The second kappa shape index (κ2) is 8.00. The molecule has 1 unspecified atom stereocenters. The Hall–Kier alpha value is -1.42. The maximum atomic E-state index is 13.0. The number of nitrogens with one attached hydrogen (secondary N) is 1. The molecule has 1 aromatic carbocycles. The van der Waals surface area contributed by atoms with Gasteiger partial charge in [0.15, 0.2) is 0 Å². The first-order valence-corrected chi connectivity index (χ1v) is 7.08. The smallest absolute Gasteiger partial charge is 0.220 e. The summed E-state index contributed by atoms with van der Waals surface area (Å²) < 4.78 is 13.0. The van der Waals surface area contributed by atoms with E-state index >= 15 is 0 Å². The summed E-state index contributed by atoms with van der Waals surface area (Å²) in [6.45, 7) is 4.91. The van der Waals surface area contributed by atoms with Crippen LogP contribution in [0.1, 0.15) is 38.3 Å². The molecule has 0 aliphatic carbocycles. The SMILES string of the molecule is CC(C)CC(=O)NC(CCN(C)C)c1ccc(F)cc1. The van der Waals surface area contributed by atoms with Crippen molar-refractivity contribution >= 4 is 5.91 Å². The van der Waals surface area contributed by atoms with Gasteiger partial charge in [0.05, 0.1) is 6.04 Å². The van der Waals surface area contributed by atoms with Crippen LogP contribution < -0.4 is 5.32 Å². The van der Waals surface area contributed by atoms with Crippen molar-refractivity contribution in [1.82, 2.24) is 10.2 Å². The molecule has 0 heterocycles. The number of benzene rings is 1. The van der Waals surface area contributed by atoms with Gasteiger partial charge >= 0.3 is 0 Å². The van der Waals surface area contributed by atoms with E-state index in [9.17, 15) is 9.18 Å². The number of hydrogen-bond acceptors (Lipinski definition) is 2. The van der Waals surface area contributed by atoms with Crippen LogP contribution in [-0.4, -0.2) is 31.4 Å². The number of amides is 1. The van der Waals surface area contributed by atoms with Crippen LogP contribution in [0.2, 0.25) is 0 Å². The van der Waals surface area contributed by atoms with Gasteiger partial charge in [-0.15, -0.1) is 0 Å². The average molecular weight is 280 g/mol. The molecule has 0 aromatic heterocycles. The maximum absolute atomic E-state index is 13.0. The molecule has 4 heteroatoms. The van der Waals surface area contributed by atoms with Crippen LogP contribution in [0.5, 0.6) is 0 Å². The summed E-state index contributed by atoms with van der Waals surface area (Å²) in [5, 5.41) is 3.05. The summed E-state index contributed by atoms with van der Waals surface area (Å²) in [5.41, 5.74) is 0.949. The largest absolute Gasteiger partial charge is 0.349 e. The minimum absolute atomic E-state index is 0.0491. The van der Waals surface area contributed by atoms with Crippen LogP contribution in [0, 0.1) is 11.7 Å². The van der Waals surface area contributed by atoms with Crippen molar-refractivity contribution in [3.63, 3.8) is 0 Å². The summed E-state index contributed by atoms with van der Waals surface area (Å²) in [4.78, 5) is 14.0. The predicted molar refractivity (Wildman–Crippen MR) is 79.9 cm³/mol. The molecule has 1 atom stereocenters.